The molecule has 0 radical (unpaired) electrons. The molecule has 112 valence electrons. The van der Waals surface area contributed by atoms with Crippen molar-refractivity contribution in [3.63, 3.8) is 0 Å². The molecule has 0 aromatic carbocycles. The lowest BCUT2D eigenvalue weighted by molar-refractivity contribution is -0.159. The molecular weight excluding hydrogens is 256 g/mol. The number of hydrogen-bond acceptors (Lipinski definition) is 3. The van der Waals surface area contributed by atoms with Gasteiger partial charge >= 0.3 is 0 Å². The van der Waals surface area contributed by atoms with Gasteiger partial charge in [0, 0.05) is 19.7 Å². The third kappa shape index (κ3) is 2.32. The molecule has 0 aromatic rings. The Balaban J connectivity index is 1.69. The zero-order chi connectivity index (χ0) is 14.1. The molecule has 0 spiro atoms. The Morgan fingerprint density at radius 3 is 2.75 bits per heavy atom. The first-order chi connectivity index (χ1) is 9.72. The molecule has 3 aliphatic heterocycles. The van der Waals surface area contributed by atoms with Crippen LogP contribution in [0.4, 0.5) is 0 Å². The molecule has 3 aliphatic rings. The lowest BCUT2D eigenvalue weighted by atomic mass is 10.0. The highest BCUT2D eigenvalue weighted by Crippen LogP contribution is 2.28. The Bertz CT molecular complexity index is 393. The minimum absolute atomic E-state index is 0.155. The SMILES string of the molecule is CCC1C(=O)N2CCCC2C(=O)N1CCC1CCCO1. The fourth-order valence-electron chi connectivity index (χ4n) is 3.77. The average molecular weight is 280 g/mol. The number of rotatable bonds is 4. The topological polar surface area (TPSA) is 49.9 Å². The van der Waals surface area contributed by atoms with Crippen LogP contribution in [0.2, 0.25) is 0 Å². The Morgan fingerprint density at radius 1 is 1.20 bits per heavy atom. The van der Waals surface area contributed by atoms with Crippen molar-refractivity contribution in [3.05, 3.63) is 0 Å². The maximum atomic E-state index is 12.6. The number of nitrogens with zero attached hydrogens (tertiary/aromatic N) is 2. The van der Waals surface area contributed by atoms with E-state index in [0.29, 0.717) is 13.0 Å². The van der Waals surface area contributed by atoms with Crippen molar-refractivity contribution in [3.8, 4) is 0 Å². The summed E-state index contributed by atoms with van der Waals surface area (Å²) < 4.78 is 5.63. The van der Waals surface area contributed by atoms with Crippen molar-refractivity contribution in [2.75, 3.05) is 19.7 Å². The molecule has 0 aliphatic carbocycles. The van der Waals surface area contributed by atoms with Crippen LogP contribution in [0.25, 0.3) is 0 Å². The van der Waals surface area contributed by atoms with Crippen LogP contribution in [-0.4, -0.2) is 59.5 Å². The molecule has 3 rings (SSSR count). The number of fused-ring (bicyclic) bond motifs is 1. The molecule has 2 amide bonds. The predicted molar refractivity (Wildman–Crippen MR) is 74.1 cm³/mol. The molecule has 3 fully saturated rings. The van der Waals surface area contributed by atoms with Gasteiger partial charge < -0.3 is 14.5 Å². The first-order valence-corrected chi connectivity index (χ1v) is 7.95. The Morgan fingerprint density at radius 2 is 2.05 bits per heavy atom. The quantitative estimate of drug-likeness (QED) is 0.776. The van der Waals surface area contributed by atoms with Crippen molar-refractivity contribution in [1.82, 2.24) is 9.80 Å². The summed E-state index contributed by atoms with van der Waals surface area (Å²) in [7, 11) is 0. The number of hydrogen-bond donors (Lipinski definition) is 0. The van der Waals surface area contributed by atoms with E-state index in [9.17, 15) is 9.59 Å². The molecule has 3 unspecified atom stereocenters. The molecule has 3 atom stereocenters. The molecule has 0 bridgehead atoms. The minimum atomic E-state index is -0.252. The van der Waals surface area contributed by atoms with Crippen LogP contribution in [0.1, 0.15) is 45.4 Å². The van der Waals surface area contributed by atoms with E-state index in [4.69, 9.17) is 4.74 Å². The molecular formula is C15H24N2O3. The van der Waals surface area contributed by atoms with Crippen molar-refractivity contribution in [1.29, 1.82) is 0 Å². The highest BCUT2D eigenvalue weighted by molar-refractivity contribution is 5.97. The summed E-state index contributed by atoms with van der Waals surface area (Å²) in [6, 6.07) is -0.437. The third-order valence-corrected chi connectivity index (χ3v) is 4.87. The van der Waals surface area contributed by atoms with Gasteiger partial charge in [-0.1, -0.05) is 6.92 Å². The van der Waals surface area contributed by atoms with Gasteiger partial charge in [-0.3, -0.25) is 9.59 Å². The maximum Gasteiger partial charge on any atom is 0.246 e. The van der Waals surface area contributed by atoms with Gasteiger partial charge in [0.05, 0.1) is 6.10 Å². The molecule has 3 saturated heterocycles. The summed E-state index contributed by atoms with van der Waals surface area (Å²) in [4.78, 5) is 28.7. The highest BCUT2D eigenvalue weighted by atomic mass is 16.5. The second-order valence-corrected chi connectivity index (χ2v) is 6.07. The number of amides is 2. The van der Waals surface area contributed by atoms with Crippen LogP contribution in [0.5, 0.6) is 0 Å². The maximum absolute atomic E-state index is 12.6. The van der Waals surface area contributed by atoms with E-state index in [2.05, 4.69) is 0 Å². The van der Waals surface area contributed by atoms with E-state index < -0.39 is 0 Å². The first-order valence-electron chi connectivity index (χ1n) is 7.95. The summed E-state index contributed by atoms with van der Waals surface area (Å²) >= 11 is 0. The summed E-state index contributed by atoms with van der Waals surface area (Å²) in [5.74, 6) is 0.314. The van der Waals surface area contributed by atoms with Crippen molar-refractivity contribution >= 4 is 11.8 Å². The Labute approximate surface area is 120 Å². The van der Waals surface area contributed by atoms with Gasteiger partial charge in [-0.25, -0.2) is 0 Å². The lowest BCUT2D eigenvalue weighted by Crippen LogP contribution is -2.62. The van der Waals surface area contributed by atoms with E-state index in [0.717, 1.165) is 45.3 Å². The summed E-state index contributed by atoms with van der Waals surface area (Å²) in [6.45, 7) is 4.25. The van der Waals surface area contributed by atoms with E-state index in [1.165, 1.54) is 0 Å². The van der Waals surface area contributed by atoms with E-state index in [1.807, 2.05) is 11.8 Å². The normalized spacial score (nSPS) is 34.0. The fraction of sp³-hybridized carbons (Fsp3) is 0.867. The van der Waals surface area contributed by atoms with Crippen molar-refractivity contribution in [2.24, 2.45) is 0 Å². The first kappa shape index (κ1) is 13.9. The van der Waals surface area contributed by atoms with Gasteiger partial charge in [-0.15, -0.1) is 0 Å². The third-order valence-electron chi connectivity index (χ3n) is 4.87. The average Bonchev–Trinajstić information content (AvgIpc) is 3.11. The van der Waals surface area contributed by atoms with Gasteiger partial charge in [0.1, 0.15) is 12.1 Å². The molecule has 20 heavy (non-hydrogen) atoms. The molecule has 3 heterocycles. The van der Waals surface area contributed by atoms with Crippen LogP contribution in [0.3, 0.4) is 0 Å². The number of piperazine rings is 1. The van der Waals surface area contributed by atoms with E-state index >= 15 is 0 Å². The van der Waals surface area contributed by atoms with Crippen molar-refractivity contribution in [2.45, 2.75) is 63.6 Å². The van der Waals surface area contributed by atoms with Gasteiger partial charge in [0.2, 0.25) is 11.8 Å². The Kier molecular flexibility index (Phi) is 3.96. The predicted octanol–water partition coefficient (Wildman–Crippen LogP) is 1.17. The highest BCUT2D eigenvalue weighted by Gasteiger charge is 2.46. The zero-order valence-corrected chi connectivity index (χ0v) is 12.2. The molecule has 5 nitrogen and oxygen atoms in total. The number of carbonyl (C=O) groups excluding carboxylic acids is 2. The van der Waals surface area contributed by atoms with Gasteiger partial charge in [-0.2, -0.15) is 0 Å². The second-order valence-electron chi connectivity index (χ2n) is 6.07. The number of carbonyl (C=O) groups is 2. The van der Waals surface area contributed by atoms with Crippen LogP contribution < -0.4 is 0 Å². The minimum Gasteiger partial charge on any atom is -0.378 e. The number of ether oxygens (including phenoxy) is 1. The van der Waals surface area contributed by atoms with E-state index in [-0.39, 0.29) is 30.0 Å². The largest absolute Gasteiger partial charge is 0.378 e. The summed E-state index contributed by atoms with van der Waals surface area (Å²) in [6.07, 6.45) is 5.84. The van der Waals surface area contributed by atoms with E-state index in [1.54, 1.807) is 4.90 Å². The van der Waals surface area contributed by atoms with Gasteiger partial charge in [0.15, 0.2) is 0 Å². The van der Waals surface area contributed by atoms with Gasteiger partial charge in [-0.05, 0) is 38.5 Å². The summed E-state index contributed by atoms with van der Waals surface area (Å²) in [5.41, 5.74) is 0. The van der Waals surface area contributed by atoms with Crippen LogP contribution >= 0.6 is 0 Å². The lowest BCUT2D eigenvalue weighted by Gasteiger charge is -2.42. The van der Waals surface area contributed by atoms with Crippen LogP contribution in [0.15, 0.2) is 0 Å². The van der Waals surface area contributed by atoms with Crippen molar-refractivity contribution < 1.29 is 14.3 Å². The second kappa shape index (κ2) is 5.72. The smallest absolute Gasteiger partial charge is 0.246 e. The molecule has 5 heteroatoms. The Hall–Kier alpha value is -1.10. The molecule has 0 saturated carbocycles. The zero-order valence-electron chi connectivity index (χ0n) is 12.2. The molecule has 0 aromatic heterocycles. The standard InChI is InChI=1S/C15H24N2O3/c1-2-12-14(18)16-8-3-6-13(16)15(19)17(12)9-7-11-5-4-10-20-11/h11-13H,2-10H2,1H3. The van der Waals surface area contributed by atoms with Crippen LogP contribution in [0, 0.1) is 0 Å². The fourth-order valence-corrected chi connectivity index (χ4v) is 3.77. The summed E-state index contributed by atoms with van der Waals surface area (Å²) in [5, 5.41) is 0. The van der Waals surface area contributed by atoms with Crippen LogP contribution in [-0.2, 0) is 14.3 Å². The van der Waals surface area contributed by atoms with Gasteiger partial charge in [0.25, 0.3) is 0 Å². The monoisotopic (exact) mass is 280 g/mol. The molecule has 0 N–H and O–H groups in total.